The number of likely N-dealkylation sites (tertiary alicyclic amines) is 1. The average molecular weight is 324 g/mol. The highest BCUT2D eigenvalue weighted by molar-refractivity contribution is 7.11. The highest BCUT2D eigenvalue weighted by Gasteiger charge is 2.20. The van der Waals surface area contributed by atoms with E-state index >= 15 is 0 Å². The quantitative estimate of drug-likeness (QED) is 0.622. The lowest BCUT2D eigenvalue weighted by Gasteiger charge is -2.16. The molecule has 0 spiro atoms. The average Bonchev–Trinajstić information content (AvgIpc) is 3.09. The molecule has 0 saturated carbocycles. The lowest BCUT2D eigenvalue weighted by Crippen LogP contribution is -2.40. The second-order valence-electron chi connectivity index (χ2n) is 5.87. The van der Waals surface area contributed by atoms with Crippen LogP contribution in [0.2, 0.25) is 0 Å². The van der Waals surface area contributed by atoms with Gasteiger partial charge in [-0.25, -0.2) is 9.98 Å². The smallest absolute Gasteiger partial charge is 0.191 e. The van der Waals surface area contributed by atoms with Gasteiger partial charge in [0.1, 0.15) is 5.01 Å². The van der Waals surface area contributed by atoms with Crippen LogP contribution < -0.4 is 10.6 Å². The third-order valence-corrected chi connectivity index (χ3v) is 5.22. The summed E-state index contributed by atoms with van der Waals surface area (Å²) in [5.41, 5.74) is 1.12. The molecule has 6 heteroatoms. The predicted molar refractivity (Wildman–Crippen MR) is 94.6 cm³/mol. The Kier molecular flexibility index (Phi) is 6.64. The summed E-state index contributed by atoms with van der Waals surface area (Å²) in [7, 11) is 0. The third kappa shape index (κ3) is 4.95. The summed E-state index contributed by atoms with van der Waals surface area (Å²) >= 11 is 1.74. The Morgan fingerprint density at radius 1 is 1.36 bits per heavy atom. The highest BCUT2D eigenvalue weighted by atomic mass is 32.1. The summed E-state index contributed by atoms with van der Waals surface area (Å²) < 4.78 is 0. The Balaban J connectivity index is 1.84. The van der Waals surface area contributed by atoms with Crippen LogP contribution in [-0.2, 0) is 6.54 Å². The second kappa shape index (κ2) is 8.48. The van der Waals surface area contributed by atoms with Crippen molar-refractivity contribution in [3.63, 3.8) is 0 Å². The molecule has 1 saturated heterocycles. The maximum atomic E-state index is 4.67. The Bertz CT molecular complexity index is 477. The van der Waals surface area contributed by atoms with Gasteiger partial charge >= 0.3 is 0 Å². The molecule has 1 atom stereocenters. The summed E-state index contributed by atoms with van der Waals surface area (Å²) in [4.78, 5) is 13.0. The number of rotatable bonds is 6. The van der Waals surface area contributed by atoms with Gasteiger partial charge in [-0.15, -0.1) is 11.3 Å². The van der Waals surface area contributed by atoms with Crippen LogP contribution >= 0.6 is 11.3 Å². The van der Waals surface area contributed by atoms with Crippen LogP contribution in [0.5, 0.6) is 0 Å². The Morgan fingerprint density at radius 2 is 2.18 bits per heavy atom. The molecule has 1 aromatic rings. The maximum absolute atomic E-state index is 4.67. The number of aliphatic imine (C=N–C) groups is 1. The SMILES string of the molecule is CCNC(=NCc1nc(C)c(C)s1)NCC1CCN(CC)C1. The molecular weight excluding hydrogens is 294 g/mol. The van der Waals surface area contributed by atoms with Crippen molar-refractivity contribution in [1.82, 2.24) is 20.5 Å². The van der Waals surface area contributed by atoms with E-state index in [-0.39, 0.29) is 0 Å². The molecular formula is C16H29N5S. The van der Waals surface area contributed by atoms with Gasteiger partial charge in [0.05, 0.1) is 12.2 Å². The molecule has 0 aliphatic carbocycles. The number of aryl methyl sites for hydroxylation is 2. The molecule has 0 aromatic carbocycles. The van der Waals surface area contributed by atoms with Gasteiger partial charge in [0.15, 0.2) is 5.96 Å². The van der Waals surface area contributed by atoms with Crippen molar-refractivity contribution in [3.8, 4) is 0 Å². The standard InChI is InChI=1S/C16H29N5S/c1-5-17-16(18-9-14-7-8-21(6-2)11-14)19-10-15-20-12(3)13(4)22-15/h14H,5-11H2,1-4H3,(H2,17,18,19). The van der Waals surface area contributed by atoms with Gasteiger partial charge in [-0.1, -0.05) is 6.92 Å². The summed E-state index contributed by atoms with van der Waals surface area (Å²) in [5.74, 6) is 1.64. The van der Waals surface area contributed by atoms with Crippen LogP contribution in [0.15, 0.2) is 4.99 Å². The van der Waals surface area contributed by atoms with E-state index in [2.05, 4.69) is 53.2 Å². The van der Waals surface area contributed by atoms with Gasteiger partial charge in [-0.3, -0.25) is 0 Å². The van der Waals surface area contributed by atoms with Crippen molar-refractivity contribution >= 4 is 17.3 Å². The molecule has 2 rings (SSSR count). The first kappa shape index (κ1) is 17.2. The molecule has 2 heterocycles. The molecule has 1 fully saturated rings. The second-order valence-corrected chi connectivity index (χ2v) is 7.16. The maximum Gasteiger partial charge on any atom is 0.191 e. The molecule has 1 unspecified atom stereocenters. The van der Waals surface area contributed by atoms with E-state index in [1.54, 1.807) is 11.3 Å². The molecule has 124 valence electrons. The zero-order chi connectivity index (χ0) is 15.9. The fourth-order valence-corrected chi connectivity index (χ4v) is 3.56. The largest absolute Gasteiger partial charge is 0.357 e. The Hall–Kier alpha value is -1.14. The number of guanidine groups is 1. The minimum absolute atomic E-state index is 0.653. The van der Waals surface area contributed by atoms with Crippen LogP contribution in [0.25, 0.3) is 0 Å². The number of aromatic nitrogens is 1. The van der Waals surface area contributed by atoms with Gasteiger partial charge < -0.3 is 15.5 Å². The fourth-order valence-electron chi connectivity index (χ4n) is 2.70. The normalized spacial score (nSPS) is 19.6. The van der Waals surface area contributed by atoms with E-state index in [9.17, 15) is 0 Å². The number of nitrogens with zero attached hydrogens (tertiary/aromatic N) is 3. The van der Waals surface area contributed by atoms with Gasteiger partial charge in [0.2, 0.25) is 0 Å². The van der Waals surface area contributed by atoms with Crippen molar-refractivity contribution in [3.05, 3.63) is 15.6 Å². The summed E-state index contributed by atoms with van der Waals surface area (Å²) in [6, 6.07) is 0. The molecule has 1 aliphatic rings. The van der Waals surface area contributed by atoms with Crippen molar-refractivity contribution in [2.24, 2.45) is 10.9 Å². The molecule has 1 aromatic heterocycles. The summed E-state index contributed by atoms with van der Waals surface area (Å²) in [5, 5.41) is 7.90. The van der Waals surface area contributed by atoms with Crippen LogP contribution in [0.3, 0.4) is 0 Å². The highest BCUT2D eigenvalue weighted by Crippen LogP contribution is 2.17. The fraction of sp³-hybridized carbons (Fsp3) is 0.750. The number of nitrogens with one attached hydrogen (secondary N) is 2. The zero-order valence-corrected chi connectivity index (χ0v) is 15.1. The molecule has 0 amide bonds. The first-order valence-electron chi connectivity index (χ1n) is 8.29. The lowest BCUT2D eigenvalue weighted by atomic mass is 10.1. The minimum Gasteiger partial charge on any atom is -0.357 e. The molecule has 5 nitrogen and oxygen atoms in total. The Labute approximate surface area is 138 Å². The van der Waals surface area contributed by atoms with Gasteiger partial charge in [0, 0.05) is 24.5 Å². The predicted octanol–water partition coefficient (Wildman–Crippen LogP) is 2.16. The molecule has 2 N–H and O–H groups in total. The first-order chi connectivity index (χ1) is 10.6. The van der Waals surface area contributed by atoms with Crippen LogP contribution in [-0.4, -0.2) is 48.6 Å². The number of hydrogen-bond acceptors (Lipinski definition) is 4. The topological polar surface area (TPSA) is 52.6 Å². The van der Waals surface area contributed by atoms with E-state index in [1.165, 1.54) is 24.4 Å². The van der Waals surface area contributed by atoms with E-state index in [0.717, 1.165) is 42.2 Å². The van der Waals surface area contributed by atoms with E-state index in [4.69, 9.17) is 0 Å². The molecule has 1 aliphatic heterocycles. The van der Waals surface area contributed by atoms with Crippen LogP contribution in [0, 0.1) is 19.8 Å². The summed E-state index contributed by atoms with van der Waals surface area (Å²) in [6.07, 6.45) is 1.28. The zero-order valence-electron chi connectivity index (χ0n) is 14.3. The van der Waals surface area contributed by atoms with Gasteiger partial charge in [0.25, 0.3) is 0 Å². The van der Waals surface area contributed by atoms with E-state index in [0.29, 0.717) is 6.54 Å². The minimum atomic E-state index is 0.653. The number of hydrogen-bond donors (Lipinski definition) is 2. The van der Waals surface area contributed by atoms with E-state index in [1.807, 2.05) is 0 Å². The van der Waals surface area contributed by atoms with Gasteiger partial charge in [-0.05, 0) is 46.2 Å². The molecule has 22 heavy (non-hydrogen) atoms. The first-order valence-corrected chi connectivity index (χ1v) is 9.11. The molecule has 0 bridgehead atoms. The van der Waals surface area contributed by atoms with Crippen molar-refractivity contribution < 1.29 is 0 Å². The Morgan fingerprint density at radius 3 is 2.77 bits per heavy atom. The third-order valence-electron chi connectivity index (χ3n) is 4.16. The van der Waals surface area contributed by atoms with Crippen molar-refractivity contribution in [2.75, 3.05) is 32.7 Å². The summed E-state index contributed by atoms with van der Waals surface area (Å²) in [6.45, 7) is 14.6. The van der Waals surface area contributed by atoms with Crippen molar-refractivity contribution in [2.45, 2.75) is 40.7 Å². The van der Waals surface area contributed by atoms with Gasteiger partial charge in [-0.2, -0.15) is 0 Å². The monoisotopic (exact) mass is 323 g/mol. The lowest BCUT2D eigenvalue weighted by molar-refractivity contribution is 0.342. The van der Waals surface area contributed by atoms with Crippen LogP contribution in [0.1, 0.15) is 35.8 Å². The van der Waals surface area contributed by atoms with E-state index < -0.39 is 0 Å². The van der Waals surface area contributed by atoms with Crippen LogP contribution in [0.4, 0.5) is 0 Å². The number of thiazole rings is 1. The molecule has 0 radical (unpaired) electrons. The van der Waals surface area contributed by atoms with Crippen molar-refractivity contribution in [1.29, 1.82) is 0 Å².